The highest BCUT2D eigenvalue weighted by molar-refractivity contribution is 7.79. The van der Waals surface area contributed by atoms with Crippen LogP contribution in [0.15, 0.2) is 24.3 Å². The van der Waals surface area contributed by atoms with Crippen molar-refractivity contribution in [3.05, 3.63) is 35.6 Å². The maximum absolute atomic E-state index is 12.2. The predicted octanol–water partition coefficient (Wildman–Crippen LogP) is 3.67. The van der Waals surface area contributed by atoms with Crippen molar-refractivity contribution < 1.29 is 4.39 Å². The Morgan fingerprint density at radius 3 is 1.92 bits per heavy atom. The third kappa shape index (κ3) is 5.19. The lowest BCUT2D eigenvalue weighted by Gasteiger charge is -1.91. The Morgan fingerprint density at radius 2 is 1.58 bits per heavy atom. The number of rotatable bonds is 1. The first-order chi connectivity index (χ1) is 5.74. The van der Waals surface area contributed by atoms with Crippen LogP contribution in [-0.4, -0.2) is 0 Å². The van der Waals surface area contributed by atoms with Crippen LogP contribution in [0.3, 0.4) is 0 Å². The first-order valence-corrected chi connectivity index (χ1v) is 4.73. The maximum atomic E-state index is 12.2. The summed E-state index contributed by atoms with van der Waals surface area (Å²) >= 11 is 4.02. The van der Waals surface area contributed by atoms with E-state index in [1.165, 1.54) is 18.6 Å². The molecule has 0 radical (unpaired) electrons. The van der Waals surface area contributed by atoms with E-state index in [9.17, 15) is 4.39 Å². The molecule has 0 N–H and O–H groups in total. The summed E-state index contributed by atoms with van der Waals surface area (Å²) in [5, 5.41) is 0. The summed E-state index contributed by atoms with van der Waals surface area (Å²) in [4.78, 5) is 0. The third-order valence-electron chi connectivity index (χ3n) is 1.10. The van der Waals surface area contributed by atoms with Crippen molar-refractivity contribution in [3.63, 3.8) is 0 Å². The zero-order valence-corrected chi connectivity index (χ0v) is 8.44. The monoisotopic (exact) mass is 186 g/mol. The number of hydrogen-bond acceptors (Lipinski definition) is 1. The molecule has 1 aromatic carbocycles. The molecule has 0 amide bonds. The van der Waals surface area contributed by atoms with Crippen molar-refractivity contribution in [2.45, 2.75) is 26.0 Å². The van der Waals surface area contributed by atoms with Gasteiger partial charge in [0.15, 0.2) is 0 Å². The molecule has 0 aromatic heterocycles. The number of halogens is 1. The van der Waals surface area contributed by atoms with Crippen molar-refractivity contribution in [1.82, 2.24) is 0 Å². The van der Waals surface area contributed by atoms with Crippen LogP contribution in [0.5, 0.6) is 0 Å². The minimum absolute atomic E-state index is 0.194. The highest BCUT2D eigenvalue weighted by atomic mass is 32.1. The first kappa shape index (κ1) is 11.5. The fourth-order valence-electron chi connectivity index (χ4n) is 0.590. The second-order valence-electron chi connectivity index (χ2n) is 2.49. The molecule has 0 bridgehead atoms. The van der Waals surface area contributed by atoms with Crippen LogP contribution in [0.4, 0.5) is 4.39 Å². The van der Waals surface area contributed by atoms with E-state index in [4.69, 9.17) is 0 Å². The molecule has 0 atom stereocenters. The zero-order chi connectivity index (χ0) is 9.40. The molecule has 0 spiro atoms. The van der Waals surface area contributed by atoms with Gasteiger partial charge in [0, 0.05) is 5.75 Å². The molecule has 1 rings (SSSR count). The Bertz CT molecular complexity index is 193. The van der Waals surface area contributed by atoms with Gasteiger partial charge in [-0.05, 0) is 17.7 Å². The van der Waals surface area contributed by atoms with E-state index in [1.54, 1.807) is 12.1 Å². The summed E-state index contributed by atoms with van der Waals surface area (Å²) in [6, 6.07) is 6.32. The van der Waals surface area contributed by atoms with Gasteiger partial charge in [-0.2, -0.15) is 12.6 Å². The standard InChI is InChI=1S/C7H7FS.C3H8/c8-7-3-1-6(5-9)2-4-7;1-3-2/h1-4,9H,5H2;3H2,1-2H3. The van der Waals surface area contributed by atoms with Crippen LogP contribution >= 0.6 is 12.6 Å². The van der Waals surface area contributed by atoms with E-state index in [1.807, 2.05) is 0 Å². The van der Waals surface area contributed by atoms with Crippen LogP contribution in [0.25, 0.3) is 0 Å². The normalized spacial score (nSPS) is 8.67. The molecular formula is C10H15FS. The zero-order valence-electron chi connectivity index (χ0n) is 7.55. The highest BCUT2D eigenvalue weighted by Gasteiger charge is 1.88. The Balaban J connectivity index is 0.000000354. The van der Waals surface area contributed by atoms with Gasteiger partial charge in [0.05, 0.1) is 0 Å². The molecule has 68 valence electrons. The van der Waals surface area contributed by atoms with Gasteiger partial charge in [-0.1, -0.05) is 32.4 Å². The SMILES string of the molecule is CCC.Fc1ccc(CS)cc1. The number of hydrogen-bond donors (Lipinski definition) is 1. The quantitative estimate of drug-likeness (QED) is 0.636. The molecule has 0 saturated heterocycles. The molecule has 0 saturated carbocycles. The van der Waals surface area contributed by atoms with Gasteiger partial charge in [0.25, 0.3) is 0 Å². The minimum atomic E-state index is -0.194. The molecule has 0 fully saturated rings. The van der Waals surface area contributed by atoms with E-state index in [-0.39, 0.29) is 5.82 Å². The second-order valence-corrected chi connectivity index (χ2v) is 2.81. The number of benzene rings is 1. The van der Waals surface area contributed by atoms with Gasteiger partial charge in [0.2, 0.25) is 0 Å². The molecule has 0 aliphatic carbocycles. The van der Waals surface area contributed by atoms with Gasteiger partial charge in [-0.15, -0.1) is 0 Å². The molecule has 0 unspecified atom stereocenters. The third-order valence-corrected chi connectivity index (χ3v) is 1.46. The van der Waals surface area contributed by atoms with E-state index in [0.717, 1.165) is 5.56 Å². The van der Waals surface area contributed by atoms with Crippen molar-refractivity contribution in [2.24, 2.45) is 0 Å². The molecular weight excluding hydrogens is 171 g/mol. The maximum Gasteiger partial charge on any atom is 0.123 e. The predicted molar refractivity (Wildman–Crippen MR) is 55.1 cm³/mol. The fraction of sp³-hybridized carbons (Fsp3) is 0.400. The molecule has 0 aliphatic rings. The Morgan fingerprint density at radius 1 is 1.17 bits per heavy atom. The van der Waals surface area contributed by atoms with Gasteiger partial charge < -0.3 is 0 Å². The molecule has 2 heteroatoms. The van der Waals surface area contributed by atoms with E-state index in [0.29, 0.717) is 5.75 Å². The Hall–Kier alpha value is -0.500. The van der Waals surface area contributed by atoms with Gasteiger partial charge in [-0.3, -0.25) is 0 Å². The second kappa shape index (κ2) is 7.17. The summed E-state index contributed by atoms with van der Waals surface area (Å²) in [5.74, 6) is 0.473. The van der Waals surface area contributed by atoms with Crippen LogP contribution in [-0.2, 0) is 5.75 Å². The van der Waals surface area contributed by atoms with Crippen molar-refractivity contribution in [3.8, 4) is 0 Å². The Labute approximate surface area is 79.2 Å². The molecule has 12 heavy (non-hydrogen) atoms. The van der Waals surface area contributed by atoms with Crippen molar-refractivity contribution in [2.75, 3.05) is 0 Å². The first-order valence-electron chi connectivity index (χ1n) is 4.09. The van der Waals surface area contributed by atoms with Gasteiger partial charge >= 0.3 is 0 Å². The molecule has 0 nitrogen and oxygen atoms in total. The van der Waals surface area contributed by atoms with E-state index < -0.39 is 0 Å². The average Bonchev–Trinajstić information content (AvgIpc) is 2.07. The van der Waals surface area contributed by atoms with Crippen LogP contribution in [0.1, 0.15) is 25.8 Å². The summed E-state index contributed by atoms with van der Waals surface area (Å²) in [7, 11) is 0. The summed E-state index contributed by atoms with van der Waals surface area (Å²) in [5.41, 5.74) is 1.04. The van der Waals surface area contributed by atoms with E-state index in [2.05, 4.69) is 26.5 Å². The Kier molecular flexibility index (Phi) is 6.87. The largest absolute Gasteiger partial charge is 0.207 e. The molecule has 1 aromatic rings. The van der Waals surface area contributed by atoms with E-state index >= 15 is 0 Å². The lowest BCUT2D eigenvalue weighted by Crippen LogP contribution is -1.76. The topological polar surface area (TPSA) is 0 Å². The van der Waals surface area contributed by atoms with Gasteiger partial charge in [0.1, 0.15) is 5.82 Å². The summed E-state index contributed by atoms with van der Waals surface area (Å²) in [6.45, 7) is 4.25. The lowest BCUT2D eigenvalue weighted by molar-refractivity contribution is 0.627. The molecule has 0 heterocycles. The summed E-state index contributed by atoms with van der Waals surface area (Å²) < 4.78 is 12.2. The van der Waals surface area contributed by atoms with Crippen LogP contribution < -0.4 is 0 Å². The summed E-state index contributed by atoms with van der Waals surface area (Å²) in [6.07, 6.45) is 1.25. The van der Waals surface area contributed by atoms with Crippen LogP contribution in [0, 0.1) is 5.82 Å². The lowest BCUT2D eigenvalue weighted by atomic mass is 10.2. The highest BCUT2D eigenvalue weighted by Crippen LogP contribution is 2.04. The fourth-order valence-corrected chi connectivity index (χ4v) is 0.801. The van der Waals surface area contributed by atoms with Crippen LogP contribution in [0.2, 0.25) is 0 Å². The van der Waals surface area contributed by atoms with Crippen molar-refractivity contribution >= 4 is 12.6 Å². The van der Waals surface area contributed by atoms with Crippen molar-refractivity contribution in [1.29, 1.82) is 0 Å². The minimum Gasteiger partial charge on any atom is -0.207 e. The number of thiol groups is 1. The average molecular weight is 186 g/mol. The van der Waals surface area contributed by atoms with Gasteiger partial charge in [-0.25, -0.2) is 4.39 Å². The molecule has 0 aliphatic heterocycles. The smallest absolute Gasteiger partial charge is 0.123 e.